The third-order valence-electron chi connectivity index (χ3n) is 3.19. The average molecular weight is 323 g/mol. The Morgan fingerprint density at radius 3 is 2.95 bits per heavy atom. The number of amides is 2. The second kappa shape index (κ2) is 7.82. The Kier molecular flexibility index (Phi) is 5.80. The molecule has 2 rings (SSSR count). The number of carbonyl (C=O) groups is 1. The van der Waals surface area contributed by atoms with Crippen molar-refractivity contribution in [2.45, 2.75) is 25.9 Å². The van der Waals surface area contributed by atoms with Crippen LogP contribution in [0.3, 0.4) is 0 Å². The highest BCUT2D eigenvalue weighted by Crippen LogP contribution is 2.23. The maximum absolute atomic E-state index is 11.7. The number of rotatable bonds is 6. The summed E-state index contributed by atoms with van der Waals surface area (Å²) in [5.41, 5.74) is 1.33. The van der Waals surface area contributed by atoms with Crippen molar-refractivity contribution in [3.63, 3.8) is 0 Å². The largest absolute Gasteiger partial charge is 0.393 e. The molecule has 6 nitrogen and oxygen atoms in total. The monoisotopic (exact) mass is 322 g/mol. The van der Waals surface area contributed by atoms with E-state index >= 15 is 0 Å². The number of halogens is 1. The summed E-state index contributed by atoms with van der Waals surface area (Å²) in [5, 5.41) is 19.4. The van der Waals surface area contributed by atoms with Crippen molar-refractivity contribution in [3.05, 3.63) is 41.7 Å². The van der Waals surface area contributed by atoms with E-state index in [1.165, 1.54) is 0 Å². The van der Waals surface area contributed by atoms with E-state index in [0.717, 1.165) is 5.69 Å². The Bertz CT molecular complexity index is 616. The molecule has 3 N–H and O–H groups in total. The first-order chi connectivity index (χ1) is 10.6. The van der Waals surface area contributed by atoms with Crippen molar-refractivity contribution >= 4 is 23.3 Å². The van der Waals surface area contributed by atoms with Crippen molar-refractivity contribution in [3.8, 4) is 5.69 Å². The standard InChI is InChI=1S/C15H19ClN4O2/c1-2-12(21)6-8-17-15(22)19-11-4-5-14(13(16)10-11)20-9-3-7-18-20/h3-5,7,9-10,12,21H,2,6,8H2,1H3,(H2,17,19,22). The lowest BCUT2D eigenvalue weighted by Gasteiger charge is -2.11. The molecule has 0 aliphatic heterocycles. The van der Waals surface area contributed by atoms with Gasteiger partial charge < -0.3 is 15.7 Å². The van der Waals surface area contributed by atoms with Crippen molar-refractivity contribution in [1.82, 2.24) is 15.1 Å². The molecule has 2 aromatic rings. The van der Waals surface area contributed by atoms with Gasteiger partial charge in [-0.2, -0.15) is 5.10 Å². The molecule has 0 radical (unpaired) electrons. The van der Waals surface area contributed by atoms with Gasteiger partial charge in [0.15, 0.2) is 0 Å². The molecular formula is C15H19ClN4O2. The van der Waals surface area contributed by atoms with Crippen LogP contribution in [-0.4, -0.2) is 33.6 Å². The lowest BCUT2D eigenvalue weighted by Crippen LogP contribution is -2.31. The summed E-state index contributed by atoms with van der Waals surface area (Å²) in [6, 6.07) is 6.68. The quantitative estimate of drug-likeness (QED) is 0.765. The fraction of sp³-hybridized carbons (Fsp3) is 0.333. The molecule has 0 saturated heterocycles. The van der Waals surface area contributed by atoms with Crippen LogP contribution in [0, 0.1) is 0 Å². The summed E-state index contributed by atoms with van der Waals surface area (Å²) in [6.45, 7) is 2.31. The van der Waals surface area contributed by atoms with E-state index in [1.54, 1.807) is 41.3 Å². The SMILES string of the molecule is CCC(O)CCNC(=O)Nc1ccc(-n2cccn2)c(Cl)c1. The number of aromatic nitrogens is 2. The number of hydrogen-bond acceptors (Lipinski definition) is 3. The molecule has 0 spiro atoms. The van der Waals surface area contributed by atoms with Gasteiger partial charge in [-0.05, 0) is 37.1 Å². The molecule has 0 aliphatic carbocycles. The highest BCUT2D eigenvalue weighted by Gasteiger charge is 2.07. The van der Waals surface area contributed by atoms with Gasteiger partial charge in [0.05, 0.1) is 16.8 Å². The van der Waals surface area contributed by atoms with Gasteiger partial charge in [0.1, 0.15) is 0 Å². The maximum atomic E-state index is 11.7. The average Bonchev–Trinajstić information content (AvgIpc) is 3.01. The van der Waals surface area contributed by atoms with Gasteiger partial charge in [0.25, 0.3) is 0 Å². The van der Waals surface area contributed by atoms with Gasteiger partial charge in [-0.1, -0.05) is 18.5 Å². The van der Waals surface area contributed by atoms with Crippen molar-refractivity contribution < 1.29 is 9.90 Å². The Labute approximate surface area is 134 Å². The minimum absolute atomic E-state index is 0.328. The van der Waals surface area contributed by atoms with Gasteiger partial charge in [-0.3, -0.25) is 0 Å². The molecule has 1 aromatic heterocycles. The third-order valence-corrected chi connectivity index (χ3v) is 3.49. The van der Waals surface area contributed by atoms with E-state index in [9.17, 15) is 9.90 Å². The van der Waals surface area contributed by atoms with E-state index in [4.69, 9.17) is 11.6 Å². The highest BCUT2D eigenvalue weighted by molar-refractivity contribution is 6.32. The van der Waals surface area contributed by atoms with Crippen LogP contribution in [0.5, 0.6) is 0 Å². The van der Waals surface area contributed by atoms with E-state index in [2.05, 4.69) is 15.7 Å². The summed E-state index contributed by atoms with van der Waals surface area (Å²) in [6.07, 6.45) is 4.28. The van der Waals surface area contributed by atoms with Crippen LogP contribution in [0.15, 0.2) is 36.7 Å². The number of carbonyl (C=O) groups excluding carboxylic acids is 1. The van der Waals surface area contributed by atoms with Crippen LogP contribution in [0.25, 0.3) is 5.69 Å². The summed E-state index contributed by atoms with van der Waals surface area (Å²) in [5.74, 6) is 0. The minimum Gasteiger partial charge on any atom is -0.393 e. The Morgan fingerprint density at radius 1 is 1.50 bits per heavy atom. The second-order valence-electron chi connectivity index (χ2n) is 4.85. The number of anilines is 1. The predicted molar refractivity (Wildman–Crippen MR) is 86.5 cm³/mol. The second-order valence-corrected chi connectivity index (χ2v) is 5.26. The van der Waals surface area contributed by atoms with Crippen molar-refractivity contribution in [2.24, 2.45) is 0 Å². The first-order valence-corrected chi connectivity index (χ1v) is 7.50. The van der Waals surface area contributed by atoms with E-state index < -0.39 is 0 Å². The number of nitrogens with zero attached hydrogens (tertiary/aromatic N) is 2. The molecule has 1 heterocycles. The number of hydrogen-bond donors (Lipinski definition) is 3. The zero-order chi connectivity index (χ0) is 15.9. The lowest BCUT2D eigenvalue weighted by atomic mass is 10.2. The minimum atomic E-state index is -0.386. The molecule has 0 fully saturated rings. The molecule has 22 heavy (non-hydrogen) atoms. The summed E-state index contributed by atoms with van der Waals surface area (Å²) in [4.78, 5) is 11.7. The fourth-order valence-electron chi connectivity index (χ4n) is 1.91. The van der Waals surface area contributed by atoms with Crippen molar-refractivity contribution in [1.29, 1.82) is 0 Å². The van der Waals surface area contributed by atoms with E-state index in [-0.39, 0.29) is 12.1 Å². The first kappa shape index (κ1) is 16.3. The zero-order valence-electron chi connectivity index (χ0n) is 12.3. The highest BCUT2D eigenvalue weighted by atomic mass is 35.5. The van der Waals surface area contributed by atoms with Crippen LogP contribution in [0.1, 0.15) is 19.8 Å². The molecule has 0 saturated carbocycles. The molecule has 0 aliphatic rings. The van der Waals surface area contributed by atoms with Crippen LogP contribution in [0.2, 0.25) is 5.02 Å². The lowest BCUT2D eigenvalue weighted by molar-refractivity contribution is 0.160. The zero-order valence-corrected chi connectivity index (χ0v) is 13.0. The third kappa shape index (κ3) is 4.47. The van der Waals surface area contributed by atoms with Crippen LogP contribution >= 0.6 is 11.6 Å². The summed E-state index contributed by atoms with van der Waals surface area (Å²) < 4.78 is 1.65. The van der Waals surface area contributed by atoms with Gasteiger partial charge in [-0.25, -0.2) is 9.48 Å². The number of aliphatic hydroxyl groups is 1. The number of aliphatic hydroxyl groups excluding tert-OH is 1. The maximum Gasteiger partial charge on any atom is 0.319 e. The van der Waals surface area contributed by atoms with Gasteiger partial charge in [0, 0.05) is 24.6 Å². The summed E-state index contributed by atoms with van der Waals surface area (Å²) >= 11 is 6.20. The Morgan fingerprint density at radius 2 is 2.32 bits per heavy atom. The molecule has 7 heteroatoms. The van der Waals surface area contributed by atoms with Gasteiger partial charge in [-0.15, -0.1) is 0 Å². The van der Waals surface area contributed by atoms with Crippen molar-refractivity contribution in [2.75, 3.05) is 11.9 Å². The molecule has 1 aromatic carbocycles. The smallest absolute Gasteiger partial charge is 0.319 e. The number of benzene rings is 1. The van der Waals surface area contributed by atoms with E-state index in [1.807, 2.05) is 6.92 Å². The van der Waals surface area contributed by atoms with Gasteiger partial charge in [0.2, 0.25) is 0 Å². The number of urea groups is 1. The molecule has 1 unspecified atom stereocenters. The topological polar surface area (TPSA) is 79.2 Å². The Balaban J connectivity index is 1.91. The molecule has 2 amide bonds. The van der Waals surface area contributed by atoms with Crippen LogP contribution < -0.4 is 10.6 Å². The molecule has 1 atom stereocenters. The Hall–Kier alpha value is -2.05. The predicted octanol–water partition coefficient (Wildman–Crippen LogP) is 2.81. The summed E-state index contributed by atoms with van der Waals surface area (Å²) in [7, 11) is 0. The first-order valence-electron chi connectivity index (χ1n) is 7.12. The number of nitrogens with one attached hydrogen (secondary N) is 2. The molecule has 118 valence electrons. The van der Waals surface area contributed by atoms with Crippen LogP contribution in [-0.2, 0) is 0 Å². The normalized spacial score (nSPS) is 12.0. The van der Waals surface area contributed by atoms with Gasteiger partial charge >= 0.3 is 6.03 Å². The van der Waals surface area contributed by atoms with E-state index in [0.29, 0.717) is 30.1 Å². The van der Waals surface area contributed by atoms with Crippen LogP contribution in [0.4, 0.5) is 10.5 Å². The fourth-order valence-corrected chi connectivity index (χ4v) is 2.18. The molecular weight excluding hydrogens is 304 g/mol. The molecule has 0 bridgehead atoms.